The molecular weight excluding hydrogens is 310 g/mol. The normalized spacial score (nSPS) is 19.9. The van der Waals surface area contributed by atoms with Gasteiger partial charge in [0.1, 0.15) is 11.5 Å². The van der Waals surface area contributed by atoms with E-state index >= 15 is 0 Å². The van der Waals surface area contributed by atoms with E-state index in [1.165, 1.54) is 6.07 Å². The Morgan fingerprint density at radius 1 is 1.33 bits per heavy atom. The zero-order chi connectivity index (χ0) is 16.9. The summed E-state index contributed by atoms with van der Waals surface area (Å²) in [5.41, 5.74) is 1.14. The maximum absolute atomic E-state index is 11.1. The zero-order valence-electron chi connectivity index (χ0n) is 13.3. The van der Waals surface area contributed by atoms with Crippen LogP contribution in [-0.4, -0.2) is 43.3 Å². The van der Waals surface area contributed by atoms with E-state index in [0.717, 1.165) is 5.56 Å². The number of phenolic OH excluding ortho intramolecular Hbond substituents is 1. The van der Waals surface area contributed by atoms with Crippen LogP contribution in [0.1, 0.15) is 21.8 Å². The summed E-state index contributed by atoms with van der Waals surface area (Å²) in [7, 11) is 1.59. The molecule has 1 aliphatic rings. The smallest absolute Gasteiger partial charge is 0.216 e. The first-order chi connectivity index (χ1) is 11.7. The van der Waals surface area contributed by atoms with Crippen LogP contribution >= 0.6 is 0 Å². The number of carbonyl (C=O) groups is 1. The van der Waals surface area contributed by atoms with Crippen molar-refractivity contribution >= 4 is 6.29 Å². The summed E-state index contributed by atoms with van der Waals surface area (Å²) in [5, 5.41) is 9.72. The van der Waals surface area contributed by atoms with Gasteiger partial charge in [0.25, 0.3) is 0 Å². The number of hydrogen-bond acceptors (Lipinski definition) is 6. The second kappa shape index (κ2) is 7.31. The quantitative estimate of drug-likeness (QED) is 0.820. The molecule has 0 bridgehead atoms. The van der Waals surface area contributed by atoms with Crippen molar-refractivity contribution in [1.29, 1.82) is 0 Å². The van der Waals surface area contributed by atoms with Crippen molar-refractivity contribution < 1.29 is 24.1 Å². The van der Waals surface area contributed by atoms with Crippen molar-refractivity contribution in [2.24, 2.45) is 5.92 Å². The molecular formula is C18H19NO5. The van der Waals surface area contributed by atoms with Gasteiger partial charge in [0.05, 0.1) is 32.5 Å². The number of nitrogens with zero attached hydrogens (tertiary/aromatic N) is 1. The first-order valence-corrected chi connectivity index (χ1v) is 7.71. The van der Waals surface area contributed by atoms with Gasteiger partial charge in [-0.25, -0.2) is 4.98 Å². The van der Waals surface area contributed by atoms with Gasteiger partial charge < -0.3 is 19.3 Å². The number of phenols is 1. The lowest BCUT2D eigenvalue weighted by atomic mass is 9.90. The SMILES string of the molecule is COc1ncccc1[C@H]1COC[C@@H]1COc1cccc(O)c1C=O. The molecule has 1 aliphatic heterocycles. The van der Waals surface area contributed by atoms with E-state index in [9.17, 15) is 9.90 Å². The highest BCUT2D eigenvalue weighted by molar-refractivity contribution is 5.83. The van der Waals surface area contributed by atoms with Crippen LogP contribution in [0, 0.1) is 5.92 Å². The monoisotopic (exact) mass is 329 g/mol. The number of benzene rings is 1. The highest BCUT2D eigenvalue weighted by atomic mass is 16.5. The number of aromatic nitrogens is 1. The molecule has 1 saturated heterocycles. The summed E-state index contributed by atoms with van der Waals surface area (Å²) in [4.78, 5) is 15.4. The number of carbonyl (C=O) groups excluding carboxylic acids is 1. The molecule has 6 nitrogen and oxygen atoms in total. The standard InChI is InChI=1S/C18H19NO5/c1-22-18-13(4-3-7-19-18)15-11-23-9-12(15)10-24-17-6-2-5-16(21)14(17)8-20/h2-8,12,15,21H,9-11H2,1H3/t12-,15+/m1/s1. The van der Waals surface area contributed by atoms with Gasteiger partial charge in [-0.15, -0.1) is 0 Å². The van der Waals surface area contributed by atoms with Gasteiger partial charge in [0, 0.05) is 23.6 Å². The molecule has 0 aliphatic carbocycles. The molecule has 2 heterocycles. The van der Waals surface area contributed by atoms with Crippen molar-refractivity contribution in [3.63, 3.8) is 0 Å². The van der Waals surface area contributed by atoms with Crippen LogP contribution in [-0.2, 0) is 4.74 Å². The largest absolute Gasteiger partial charge is 0.507 e. The van der Waals surface area contributed by atoms with Gasteiger partial charge in [0.2, 0.25) is 5.88 Å². The highest BCUT2D eigenvalue weighted by Crippen LogP contribution is 2.36. The van der Waals surface area contributed by atoms with E-state index in [-0.39, 0.29) is 23.1 Å². The number of aromatic hydroxyl groups is 1. The third kappa shape index (κ3) is 3.19. The second-order valence-electron chi connectivity index (χ2n) is 5.62. The van der Waals surface area contributed by atoms with Crippen LogP contribution in [0.4, 0.5) is 0 Å². The van der Waals surface area contributed by atoms with Gasteiger partial charge in [-0.05, 0) is 18.2 Å². The molecule has 1 fully saturated rings. The Morgan fingerprint density at radius 3 is 3.00 bits per heavy atom. The lowest BCUT2D eigenvalue weighted by molar-refractivity contribution is 0.111. The Hall–Kier alpha value is -2.60. The molecule has 0 amide bonds. The molecule has 24 heavy (non-hydrogen) atoms. The summed E-state index contributed by atoms with van der Waals surface area (Å²) in [6, 6.07) is 8.61. The van der Waals surface area contributed by atoms with Crippen molar-refractivity contribution in [2.75, 3.05) is 26.9 Å². The van der Waals surface area contributed by atoms with Crippen molar-refractivity contribution in [3.05, 3.63) is 47.7 Å². The van der Waals surface area contributed by atoms with E-state index in [2.05, 4.69) is 4.98 Å². The molecule has 2 aromatic rings. The minimum Gasteiger partial charge on any atom is -0.507 e. The van der Waals surface area contributed by atoms with Crippen molar-refractivity contribution in [3.8, 4) is 17.4 Å². The number of hydrogen-bond donors (Lipinski definition) is 1. The van der Waals surface area contributed by atoms with Gasteiger partial charge in [-0.1, -0.05) is 12.1 Å². The Bertz CT molecular complexity index is 718. The maximum atomic E-state index is 11.1. The van der Waals surface area contributed by atoms with E-state index in [4.69, 9.17) is 14.2 Å². The Balaban J connectivity index is 1.75. The number of rotatable bonds is 6. The molecule has 0 radical (unpaired) electrons. The molecule has 3 rings (SSSR count). The van der Waals surface area contributed by atoms with Gasteiger partial charge >= 0.3 is 0 Å². The van der Waals surface area contributed by atoms with E-state index in [1.807, 2.05) is 12.1 Å². The van der Waals surface area contributed by atoms with E-state index in [1.54, 1.807) is 25.4 Å². The molecule has 1 aromatic carbocycles. The summed E-state index contributed by atoms with van der Waals surface area (Å²) >= 11 is 0. The molecule has 1 N–H and O–H groups in total. The average Bonchev–Trinajstić information content (AvgIpc) is 3.08. The van der Waals surface area contributed by atoms with Crippen LogP contribution < -0.4 is 9.47 Å². The summed E-state index contributed by atoms with van der Waals surface area (Å²) in [6.07, 6.45) is 2.28. The molecule has 2 atom stereocenters. The summed E-state index contributed by atoms with van der Waals surface area (Å²) in [5.74, 6) is 1.07. The minimum atomic E-state index is -0.0874. The minimum absolute atomic E-state index is 0.0874. The fraction of sp³-hybridized carbons (Fsp3) is 0.333. The fourth-order valence-electron chi connectivity index (χ4n) is 2.94. The third-order valence-corrected chi connectivity index (χ3v) is 4.21. The highest BCUT2D eigenvalue weighted by Gasteiger charge is 2.32. The van der Waals surface area contributed by atoms with Gasteiger partial charge in [-0.3, -0.25) is 4.79 Å². The number of ether oxygens (including phenoxy) is 3. The lowest BCUT2D eigenvalue weighted by Crippen LogP contribution is -2.20. The number of pyridine rings is 1. The van der Waals surface area contributed by atoms with E-state index in [0.29, 0.717) is 37.7 Å². The second-order valence-corrected chi connectivity index (χ2v) is 5.62. The first-order valence-electron chi connectivity index (χ1n) is 7.71. The number of aldehydes is 1. The maximum Gasteiger partial charge on any atom is 0.216 e. The Labute approximate surface area is 140 Å². The topological polar surface area (TPSA) is 77.9 Å². The van der Waals surface area contributed by atoms with Crippen molar-refractivity contribution in [1.82, 2.24) is 4.98 Å². The molecule has 0 spiro atoms. The van der Waals surface area contributed by atoms with Crippen LogP contribution in [0.2, 0.25) is 0 Å². The van der Waals surface area contributed by atoms with Crippen molar-refractivity contribution in [2.45, 2.75) is 5.92 Å². The lowest BCUT2D eigenvalue weighted by Gasteiger charge is -2.20. The summed E-state index contributed by atoms with van der Waals surface area (Å²) in [6.45, 7) is 1.49. The Morgan fingerprint density at radius 2 is 2.21 bits per heavy atom. The van der Waals surface area contributed by atoms with Crippen LogP contribution in [0.25, 0.3) is 0 Å². The van der Waals surface area contributed by atoms with Crippen LogP contribution in [0.5, 0.6) is 17.4 Å². The number of methoxy groups -OCH3 is 1. The molecule has 0 saturated carbocycles. The molecule has 6 heteroatoms. The van der Waals surface area contributed by atoms with Crippen LogP contribution in [0.15, 0.2) is 36.5 Å². The predicted molar refractivity (Wildman–Crippen MR) is 86.8 cm³/mol. The molecule has 1 aromatic heterocycles. The third-order valence-electron chi connectivity index (χ3n) is 4.21. The zero-order valence-corrected chi connectivity index (χ0v) is 13.3. The fourth-order valence-corrected chi connectivity index (χ4v) is 2.94. The van der Waals surface area contributed by atoms with Gasteiger partial charge in [0.15, 0.2) is 6.29 Å². The average molecular weight is 329 g/mol. The predicted octanol–water partition coefficient (Wildman–Crippen LogP) is 2.42. The Kier molecular flexibility index (Phi) is 4.96. The van der Waals surface area contributed by atoms with E-state index < -0.39 is 0 Å². The summed E-state index contributed by atoms with van der Waals surface area (Å²) < 4.78 is 16.7. The molecule has 126 valence electrons. The van der Waals surface area contributed by atoms with Gasteiger partial charge in [-0.2, -0.15) is 0 Å². The molecule has 0 unspecified atom stereocenters. The van der Waals surface area contributed by atoms with Crippen LogP contribution in [0.3, 0.4) is 0 Å². The first kappa shape index (κ1) is 16.3.